The molecule has 6 rings (SSSR count). The number of rotatable bonds is 11. The van der Waals surface area contributed by atoms with E-state index in [1.165, 1.54) is 0 Å². The van der Waals surface area contributed by atoms with E-state index in [4.69, 9.17) is 29.2 Å². The number of hydrogen-bond donors (Lipinski definition) is 1. The van der Waals surface area contributed by atoms with Crippen LogP contribution in [0, 0.1) is 0 Å². The third-order valence-electron chi connectivity index (χ3n) is 6.96. The number of fused-ring (bicyclic) bond motifs is 2. The van der Waals surface area contributed by atoms with E-state index in [1.807, 2.05) is 23.6 Å². The zero-order chi connectivity index (χ0) is 28.4. The summed E-state index contributed by atoms with van der Waals surface area (Å²) >= 11 is 1.56. The van der Waals surface area contributed by atoms with Gasteiger partial charge in [0.15, 0.2) is 5.65 Å². The lowest BCUT2D eigenvalue weighted by atomic mass is 10.3. The molecule has 216 valence electrons. The zero-order valence-corrected chi connectivity index (χ0v) is 25.6. The van der Waals surface area contributed by atoms with E-state index in [1.54, 1.807) is 35.4 Å². The second-order valence-corrected chi connectivity index (χ2v) is 17.6. The second-order valence-electron chi connectivity index (χ2n) is 11.1. The van der Waals surface area contributed by atoms with Crippen LogP contribution in [0.5, 0.6) is 5.75 Å². The lowest BCUT2D eigenvalue weighted by molar-refractivity contribution is 0.0878. The predicted molar refractivity (Wildman–Crippen MR) is 163 cm³/mol. The molecular weight excluding hydrogens is 559 g/mol. The lowest BCUT2D eigenvalue weighted by Gasteiger charge is -2.27. The molecule has 5 aromatic rings. The number of benzene rings is 1. The Labute approximate surface area is 243 Å². The molecule has 0 aliphatic carbocycles. The van der Waals surface area contributed by atoms with Crippen LogP contribution in [0.15, 0.2) is 36.0 Å². The molecule has 0 radical (unpaired) electrons. The number of nitrogens with one attached hydrogen (secondary N) is 1. The van der Waals surface area contributed by atoms with Gasteiger partial charge in [-0.2, -0.15) is 19.6 Å². The Hall–Kier alpha value is -3.59. The van der Waals surface area contributed by atoms with Crippen LogP contribution < -0.4 is 15.0 Å². The van der Waals surface area contributed by atoms with Crippen LogP contribution in [0.2, 0.25) is 25.7 Å². The van der Waals surface area contributed by atoms with Crippen molar-refractivity contribution >= 4 is 48.0 Å². The summed E-state index contributed by atoms with van der Waals surface area (Å²) in [6.45, 7) is 11.3. The summed E-state index contributed by atoms with van der Waals surface area (Å²) in [6.07, 6.45) is 3.58. The highest BCUT2D eigenvalue weighted by molar-refractivity contribution is 7.13. The molecule has 41 heavy (non-hydrogen) atoms. The molecule has 1 aliphatic heterocycles. The van der Waals surface area contributed by atoms with Gasteiger partial charge in [0, 0.05) is 39.3 Å². The Morgan fingerprint density at radius 3 is 2.73 bits per heavy atom. The fraction of sp³-hybridized carbons (Fsp3) is 0.444. The average molecular weight is 594 g/mol. The molecule has 5 heterocycles. The fourth-order valence-electron chi connectivity index (χ4n) is 4.72. The van der Waals surface area contributed by atoms with E-state index >= 15 is 0 Å². The summed E-state index contributed by atoms with van der Waals surface area (Å²) in [5.74, 6) is 2.77. The molecule has 1 aliphatic rings. The van der Waals surface area contributed by atoms with Gasteiger partial charge in [0.1, 0.15) is 28.8 Å². The average Bonchev–Trinajstić information content (AvgIpc) is 3.72. The standard InChI is InChI=1S/C27H35N9O3SSi/c1-37-21-7-5-6-20-23(21)35(18-39-13-15-41(2,3)4)22(31-20)17-29-26-33-27(34-9-11-38-12-10-34)32-24-19(16-30-36(24)26)25-28-8-14-40-25/h5-8,14,16H,9-13,15,17-18H2,1-4H3,(H,29,32,33). The highest BCUT2D eigenvalue weighted by atomic mass is 32.1. The van der Waals surface area contributed by atoms with Gasteiger partial charge in [-0.25, -0.2) is 9.97 Å². The molecule has 0 spiro atoms. The van der Waals surface area contributed by atoms with E-state index < -0.39 is 8.07 Å². The van der Waals surface area contributed by atoms with Crippen LogP contribution >= 0.6 is 11.3 Å². The van der Waals surface area contributed by atoms with Gasteiger partial charge in [-0.05, 0) is 18.2 Å². The first kappa shape index (κ1) is 27.6. The van der Waals surface area contributed by atoms with Gasteiger partial charge in [-0.15, -0.1) is 11.3 Å². The molecule has 0 saturated carbocycles. The summed E-state index contributed by atoms with van der Waals surface area (Å²) in [7, 11) is 0.465. The van der Waals surface area contributed by atoms with Crippen LogP contribution in [0.25, 0.3) is 27.3 Å². The molecule has 12 nitrogen and oxygen atoms in total. The number of anilines is 2. The molecule has 1 fully saturated rings. The van der Waals surface area contributed by atoms with Gasteiger partial charge < -0.3 is 24.4 Å². The minimum atomic E-state index is -1.21. The summed E-state index contributed by atoms with van der Waals surface area (Å²) in [5.41, 5.74) is 3.32. The van der Waals surface area contributed by atoms with Gasteiger partial charge in [-0.1, -0.05) is 25.7 Å². The van der Waals surface area contributed by atoms with Crippen molar-refractivity contribution in [3.63, 3.8) is 0 Å². The van der Waals surface area contributed by atoms with E-state index in [9.17, 15) is 0 Å². The fourth-order valence-corrected chi connectivity index (χ4v) is 6.12. The number of methoxy groups -OCH3 is 1. The molecule has 1 aromatic carbocycles. The number of ether oxygens (including phenoxy) is 3. The Morgan fingerprint density at radius 2 is 1.98 bits per heavy atom. The highest BCUT2D eigenvalue weighted by Crippen LogP contribution is 2.30. The summed E-state index contributed by atoms with van der Waals surface area (Å²) < 4.78 is 21.2. The van der Waals surface area contributed by atoms with Gasteiger partial charge in [0.2, 0.25) is 11.9 Å². The van der Waals surface area contributed by atoms with Crippen molar-refractivity contribution in [1.82, 2.24) is 34.1 Å². The molecule has 0 unspecified atom stereocenters. The number of aromatic nitrogens is 7. The van der Waals surface area contributed by atoms with Crippen LogP contribution in [0.3, 0.4) is 0 Å². The lowest BCUT2D eigenvalue weighted by Crippen LogP contribution is -2.37. The Bertz CT molecular complexity index is 1620. The van der Waals surface area contributed by atoms with Crippen LogP contribution in [-0.2, 0) is 22.7 Å². The molecule has 4 aromatic heterocycles. The smallest absolute Gasteiger partial charge is 0.230 e. The topological polar surface area (TPSA) is 117 Å². The minimum Gasteiger partial charge on any atom is -0.494 e. The number of morpholine rings is 1. The largest absolute Gasteiger partial charge is 0.494 e. The van der Waals surface area contributed by atoms with Crippen molar-refractivity contribution < 1.29 is 14.2 Å². The number of para-hydroxylation sites is 1. The van der Waals surface area contributed by atoms with Crippen molar-refractivity contribution in [2.45, 2.75) is 39.0 Å². The van der Waals surface area contributed by atoms with Gasteiger partial charge in [0.25, 0.3) is 0 Å². The van der Waals surface area contributed by atoms with Crippen molar-refractivity contribution in [2.24, 2.45) is 0 Å². The van der Waals surface area contributed by atoms with Crippen LogP contribution in [0.1, 0.15) is 5.82 Å². The van der Waals surface area contributed by atoms with E-state index in [0.29, 0.717) is 50.6 Å². The molecule has 0 amide bonds. The van der Waals surface area contributed by atoms with Gasteiger partial charge in [-0.3, -0.25) is 4.57 Å². The zero-order valence-electron chi connectivity index (χ0n) is 23.8. The van der Waals surface area contributed by atoms with Crippen LogP contribution in [-0.4, -0.2) is 82.2 Å². The molecule has 1 saturated heterocycles. The number of nitrogens with zero attached hydrogens (tertiary/aromatic N) is 8. The maximum atomic E-state index is 6.17. The van der Waals surface area contributed by atoms with Crippen molar-refractivity contribution in [2.75, 3.05) is 50.2 Å². The Morgan fingerprint density at radius 1 is 1.12 bits per heavy atom. The maximum absolute atomic E-state index is 6.17. The number of imidazole rings is 1. The molecule has 1 N–H and O–H groups in total. The first-order chi connectivity index (χ1) is 19.9. The van der Waals surface area contributed by atoms with Crippen molar-refractivity contribution in [3.05, 3.63) is 41.8 Å². The highest BCUT2D eigenvalue weighted by Gasteiger charge is 2.22. The second kappa shape index (κ2) is 11.7. The number of thiazole rings is 1. The van der Waals surface area contributed by atoms with E-state index in [2.05, 4.69) is 44.5 Å². The summed E-state index contributed by atoms with van der Waals surface area (Å²) in [4.78, 5) is 21.4. The van der Waals surface area contributed by atoms with Crippen molar-refractivity contribution in [1.29, 1.82) is 0 Å². The monoisotopic (exact) mass is 593 g/mol. The first-order valence-corrected chi connectivity index (χ1v) is 18.3. The quantitative estimate of drug-likeness (QED) is 0.175. The van der Waals surface area contributed by atoms with Gasteiger partial charge >= 0.3 is 0 Å². The summed E-state index contributed by atoms with van der Waals surface area (Å²) in [5, 5.41) is 10.9. The van der Waals surface area contributed by atoms with E-state index in [0.717, 1.165) is 52.3 Å². The normalized spacial score (nSPS) is 14.3. The predicted octanol–water partition coefficient (Wildman–Crippen LogP) is 4.37. The van der Waals surface area contributed by atoms with Crippen molar-refractivity contribution in [3.8, 4) is 16.3 Å². The van der Waals surface area contributed by atoms with Gasteiger partial charge in [0.05, 0.1) is 44.1 Å². The SMILES string of the molecule is COc1cccc2nc(CNc3nc(N4CCOCC4)nc4c(-c5nccs5)cnn34)n(COCC[Si](C)(C)C)c12. The first-order valence-electron chi connectivity index (χ1n) is 13.7. The third kappa shape index (κ3) is 5.91. The maximum Gasteiger partial charge on any atom is 0.230 e. The molecular formula is C27H35N9O3SSi. The Balaban J connectivity index is 1.34. The molecule has 0 atom stereocenters. The van der Waals surface area contributed by atoms with E-state index in [-0.39, 0.29) is 0 Å². The Kier molecular flexibility index (Phi) is 7.88. The molecule has 14 heteroatoms. The summed E-state index contributed by atoms with van der Waals surface area (Å²) in [6, 6.07) is 6.99. The molecule has 0 bridgehead atoms. The third-order valence-corrected chi connectivity index (χ3v) is 9.47. The minimum absolute atomic E-state index is 0.381. The number of hydrogen-bond acceptors (Lipinski definition) is 11. The van der Waals surface area contributed by atoms with Crippen LogP contribution in [0.4, 0.5) is 11.9 Å².